The summed E-state index contributed by atoms with van der Waals surface area (Å²) in [5.41, 5.74) is 6.02. The number of carbonyl (C=O) groups excluding carboxylic acids is 1. The smallest absolute Gasteiger partial charge is 0.311 e. The molecule has 18 heteroatoms. The summed E-state index contributed by atoms with van der Waals surface area (Å²) >= 11 is 0. The molecule has 19 atom stereocenters. The van der Waals surface area contributed by atoms with Crippen LogP contribution in [0.25, 0.3) is 0 Å². The maximum atomic E-state index is 12.6. The standard InChI is InChI=1S/C47H73NO17/c1-27-17-15-13-11-9-7-5-6-8-10-12-14-16-18-34(64-46-44(58)41(48)43(57)30(4)63-46)24-38-40(45(59)60)37(54)26-47(61,65-38)25-33(51)22-36(53)35(52)20-19-31(49)21-32(50)23-39(55)62-29(3)28(2)42(27)56/h5-18,27-38,40-44,46,49-54,56-58,61H,19-26,48H2,1-4H3,(H,59,60)/b6-5-,9-7-,10-8-,13-11-,14-12-,17-15-,18-16-/t27-,28-,29-,30+,31+,32+,33-,34-,35+,36+,37-,38-,40+,41-,42+,43+,44+,46-,47+/m0/s1. The first kappa shape index (κ1) is 55.9. The number of aliphatic hydroxyl groups excluding tert-OH is 9. The van der Waals surface area contributed by atoms with Crippen LogP contribution in [0.15, 0.2) is 85.1 Å². The van der Waals surface area contributed by atoms with E-state index in [2.05, 4.69) is 0 Å². The first-order valence-electron chi connectivity index (χ1n) is 22.3. The van der Waals surface area contributed by atoms with Gasteiger partial charge in [0.15, 0.2) is 12.1 Å². The summed E-state index contributed by atoms with van der Waals surface area (Å²) in [5, 5.41) is 118. The summed E-state index contributed by atoms with van der Waals surface area (Å²) in [7, 11) is 0. The van der Waals surface area contributed by atoms with Gasteiger partial charge >= 0.3 is 11.9 Å². The fourth-order valence-electron chi connectivity index (χ4n) is 7.97. The van der Waals surface area contributed by atoms with Gasteiger partial charge in [-0.3, -0.25) is 9.59 Å². The molecule has 0 aromatic rings. The predicted octanol–water partition coefficient (Wildman–Crippen LogP) is 0.712. The van der Waals surface area contributed by atoms with E-state index in [0.29, 0.717) is 0 Å². The first-order chi connectivity index (χ1) is 30.6. The van der Waals surface area contributed by atoms with Crippen molar-refractivity contribution in [1.29, 1.82) is 0 Å². The first-order valence-corrected chi connectivity index (χ1v) is 22.3. The largest absolute Gasteiger partial charge is 0.481 e. The van der Waals surface area contributed by atoms with Crippen molar-refractivity contribution in [1.82, 2.24) is 0 Å². The van der Waals surface area contributed by atoms with Gasteiger partial charge in [-0.15, -0.1) is 0 Å². The summed E-state index contributed by atoms with van der Waals surface area (Å²) in [6.07, 6.45) is 3.46. The van der Waals surface area contributed by atoms with Gasteiger partial charge in [0.2, 0.25) is 0 Å². The summed E-state index contributed by atoms with van der Waals surface area (Å²) in [5.74, 6) is -6.83. The number of rotatable bonds is 3. The molecular weight excluding hydrogens is 851 g/mol. The molecule has 2 bridgehead atoms. The SMILES string of the molecule is C[C@@H]1[C@H](O)[C@@H](C)\C=C/C=C\C=C/C=C\C=C/C=C\C=C/[C@H](O[C@@H]2O[C@H](C)[C@@H](O)[C@H](N)[C@H]2O)C[C@@H]2O[C@](O)(C[C@@H](O)C[C@@H](O)[C@H](O)CC[C@@H](O)C[C@@H](O)CC(=O)O[C@H]1C)C[C@H](O)[C@H]2C(=O)O. The second-order valence-corrected chi connectivity index (χ2v) is 17.6. The van der Waals surface area contributed by atoms with E-state index < -0.39 is 147 Å². The summed E-state index contributed by atoms with van der Waals surface area (Å²) in [6.45, 7) is 6.74. The van der Waals surface area contributed by atoms with Crippen molar-refractivity contribution >= 4 is 11.9 Å². The van der Waals surface area contributed by atoms with Gasteiger partial charge in [0.1, 0.15) is 18.1 Å². The molecule has 65 heavy (non-hydrogen) atoms. The number of nitrogens with two attached hydrogens (primary N) is 1. The van der Waals surface area contributed by atoms with Crippen molar-refractivity contribution in [2.75, 3.05) is 0 Å². The molecule has 2 fully saturated rings. The Morgan fingerprint density at radius 1 is 0.662 bits per heavy atom. The maximum Gasteiger partial charge on any atom is 0.311 e. The zero-order valence-electron chi connectivity index (χ0n) is 37.6. The van der Waals surface area contributed by atoms with Gasteiger partial charge in [-0.25, -0.2) is 0 Å². The Hall–Kier alpha value is -3.44. The van der Waals surface area contributed by atoms with Gasteiger partial charge in [0.05, 0.1) is 79.6 Å². The number of aliphatic hydroxyl groups is 10. The van der Waals surface area contributed by atoms with E-state index in [0.717, 1.165) is 0 Å². The van der Waals surface area contributed by atoms with Crippen molar-refractivity contribution in [3.8, 4) is 0 Å². The van der Waals surface area contributed by atoms with Crippen LogP contribution in [0.1, 0.15) is 79.1 Å². The van der Waals surface area contributed by atoms with Crippen molar-refractivity contribution in [2.45, 2.75) is 177 Å². The van der Waals surface area contributed by atoms with E-state index in [-0.39, 0.29) is 31.6 Å². The zero-order chi connectivity index (χ0) is 48.4. The van der Waals surface area contributed by atoms with E-state index in [1.54, 1.807) is 80.7 Å². The van der Waals surface area contributed by atoms with Crippen molar-refractivity contribution < 1.29 is 84.7 Å². The fourth-order valence-corrected chi connectivity index (χ4v) is 7.97. The average molecular weight is 924 g/mol. The molecule has 18 nitrogen and oxygen atoms in total. The van der Waals surface area contributed by atoms with Crippen LogP contribution >= 0.6 is 0 Å². The topological polar surface area (TPSA) is 320 Å². The third-order valence-corrected chi connectivity index (χ3v) is 12.0. The molecule has 13 N–H and O–H groups in total. The Balaban J connectivity index is 1.86. The molecule has 0 aromatic carbocycles. The number of ether oxygens (including phenoxy) is 4. The highest BCUT2D eigenvalue weighted by Crippen LogP contribution is 2.38. The second kappa shape index (κ2) is 27.4. The fraction of sp³-hybridized carbons (Fsp3) is 0.660. The number of cyclic esters (lactones) is 1. The number of carboxylic acid groups (broad SMARTS) is 1. The van der Waals surface area contributed by atoms with E-state index in [9.17, 15) is 65.8 Å². The Morgan fingerprint density at radius 2 is 1.23 bits per heavy atom. The molecule has 0 amide bonds. The number of carboxylic acids is 1. The number of hydrogen-bond acceptors (Lipinski definition) is 17. The molecule has 2 saturated heterocycles. The van der Waals surface area contributed by atoms with Crippen molar-refractivity contribution in [3.05, 3.63) is 85.1 Å². The highest BCUT2D eigenvalue weighted by molar-refractivity contribution is 5.71. The van der Waals surface area contributed by atoms with Gasteiger partial charge in [-0.2, -0.15) is 0 Å². The van der Waals surface area contributed by atoms with Gasteiger partial charge in [-0.1, -0.05) is 98.9 Å². The number of fused-ring (bicyclic) bond motifs is 2. The van der Waals surface area contributed by atoms with Gasteiger partial charge in [0.25, 0.3) is 0 Å². The summed E-state index contributed by atoms with van der Waals surface area (Å²) in [4.78, 5) is 25.1. The second-order valence-electron chi connectivity index (χ2n) is 17.6. The number of hydrogen-bond donors (Lipinski definition) is 12. The van der Waals surface area contributed by atoms with Crippen LogP contribution in [0.3, 0.4) is 0 Å². The molecular formula is C47H73NO17. The zero-order valence-corrected chi connectivity index (χ0v) is 37.6. The molecule has 0 saturated carbocycles. The third-order valence-electron chi connectivity index (χ3n) is 12.0. The minimum atomic E-state index is -2.33. The van der Waals surface area contributed by atoms with Gasteiger partial charge in [-0.05, 0) is 33.1 Å². The summed E-state index contributed by atoms with van der Waals surface area (Å²) < 4.78 is 23.1. The third kappa shape index (κ3) is 18.6. The number of aliphatic carboxylic acids is 1. The summed E-state index contributed by atoms with van der Waals surface area (Å²) in [6, 6.07) is -1.15. The van der Waals surface area contributed by atoms with Crippen molar-refractivity contribution in [2.24, 2.45) is 23.5 Å². The molecule has 0 aliphatic carbocycles. The van der Waals surface area contributed by atoms with Gasteiger partial charge in [0, 0.05) is 37.5 Å². The van der Waals surface area contributed by atoms with Crippen LogP contribution in [-0.2, 0) is 28.5 Å². The van der Waals surface area contributed by atoms with Gasteiger partial charge < -0.3 is 80.9 Å². The molecule has 0 unspecified atom stereocenters. The Morgan fingerprint density at radius 3 is 1.82 bits per heavy atom. The monoisotopic (exact) mass is 923 g/mol. The quantitative estimate of drug-likeness (QED) is 0.174. The molecule has 3 rings (SSSR count). The molecule has 0 aromatic heterocycles. The molecule has 0 radical (unpaired) electrons. The molecule has 0 spiro atoms. The Kier molecular flexibility index (Phi) is 23.6. The number of carbonyl (C=O) groups is 2. The Bertz CT molecular complexity index is 1670. The van der Waals surface area contributed by atoms with E-state index >= 15 is 0 Å². The lowest BCUT2D eigenvalue weighted by molar-refractivity contribution is -0.308. The van der Waals surface area contributed by atoms with Crippen LogP contribution < -0.4 is 5.73 Å². The normalized spacial score (nSPS) is 45.5. The van der Waals surface area contributed by atoms with Crippen molar-refractivity contribution in [3.63, 3.8) is 0 Å². The predicted molar refractivity (Wildman–Crippen MR) is 237 cm³/mol. The number of allylic oxidation sites excluding steroid dienone is 12. The van der Waals surface area contributed by atoms with Crippen LogP contribution in [0, 0.1) is 17.8 Å². The lowest BCUT2D eigenvalue weighted by atomic mass is 9.82. The minimum absolute atomic E-state index is 0.107. The van der Waals surface area contributed by atoms with E-state index in [4.69, 9.17) is 24.7 Å². The molecule has 3 aliphatic rings. The maximum absolute atomic E-state index is 12.6. The highest BCUT2D eigenvalue weighted by atomic mass is 16.7. The lowest BCUT2D eigenvalue weighted by Crippen LogP contribution is -2.61. The van der Waals surface area contributed by atoms with E-state index in [1.807, 2.05) is 19.1 Å². The van der Waals surface area contributed by atoms with Crippen LogP contribution in [0.5, 0.6) is 0 Å². The van der Waals surface area contributed by atoms with Crippen LogP contribution in [0.2, 0.25) is 0 Å². The molecule has 368 valence electrons. The van der Waals surface area contributed by atoms with E-state index in [1.165, 1.54) is 13.0 Å². The van der Waals surface area contributed by atoms with Crippen LogP contribution in [0.4, 0.5) is 0 Å². The number of esters is 1. The minimum Gasteiger partial charge on any atom is -0.481 e. The highest BCUT2D eigenvalue weighted by Gasteiger charge is 2.51. The molecule has 3 aliphatic heterocycles. The van der Waals surface area contributed by atoms with Crippen LogP contribution in [-0.4, -0.2) is 166 Å². The lowest BCUT2D eigenvalue weighted by Gasteiger charge is -2.45. The molecule has 3 heterocycles. The Labute approximate surface area is 381 Å². The average Bonchev–Trinajstić information content (AvgIpc) is 3.21.